The Morgan fingerprint density at radius 1 is 1.25 bits per heavy atom. The van der Waals surface area contributed by atoms with E-state index in [9.17, 15) is 14.0 Å². The van der Waals surface area contributed by atoms with E-state index in [1.165, 1.54) is 21.6 Å². The number of nitrogens with zero attached hydrogens (tertiary/aromatic N) is 3. The van der Waals surface area contributed by atoms with Crippen LogP contribution in [-0.4, -0.2) is 27.0 Å². The van der Waals surface area contributed by atoms with Gasteiger partial charge in [0.15, 0.2) is 11.6 Å². The number of benzene rings is 2. The molecule has 0 spiro atoms. The number of rotatable bonds is 3. The molecule has 0 bridgehead atoms. The zero-order valence-electron chi connectivity index (χ0n) is 15.1. The molecule has 2 heterocycles. The number of ether oxygens (including phenoxy) is 1. The number of aromatic nitrogens is 3. The number of amides is 2. The van der Waals surface area contributed by atoms with Gasteiger partial charge in [0.2, 0.25) is 0 Å². The highest BCUT2D eigenvalue weighted by atomic mass is 19.1. The van der Waals surface area contributed by atoms with Crippen molar-refractivity contribution in [3.05, 3.63) is 70.7 Å². The van der Waals surface area contributed by atoms with Gasteiger partial charge in [0.25, 0.3) is 0 Å². The molecule has 0 aliphatic carbocycles. The standard InChI is InChI=1S/C19H18FN5O3/c1-24-11-21-25(19(24)27)13-7-5-12(6-8-13)22-18(26)23-16-9-10-28-17-14(16)3-2-4-15(17)20/h2-8,11,16H,9-10H2,1H3,(H2,22,23,26)/t16-/m0/s1. The van der Waals surface area contributed by atoms with Crippen LogP contribution in [0.25, 0.3) is 5.69 Å². The molecule has 28 heavy (non-hydrogen) atoms. The maximum absolute atomic E-state index is 13.9. The van der Waals surface area contributed by atoms with Crippen molar-refractivity contribution < 1.29 is 13.9 Å². The fourth-order valence-electron chi connectivity index (χ4n) is 3.10. The molecule has 1 aliphatic heterocycles. The lowest BCUT2D eigenvalue weighted by atomic mass is 10.0. The summed E-state index contributed by atoms with van der Waals surface area (Å²) in [6, 6.07) is 10.6. The maximum atomic E-state index is 13.9. The lowest BCUT2D eigenvalue weighted by molar-refractivity contribution is 0.227. The van der Waals surface area contributed by atoms with Crippen molar-refractivity contribution in [3.63, 3.8) is 0 Å². The van der Waals surface area contributed by atoms with Crippen LogP contribution in [-0.2, 0) is 7.05 Å². The van der Waals surface area contributed by atoms with Gasteiger partial charge in [-0.25, -0.2) is 14.0 Å². The summed E-state index contributed by atoms with van der Waals surface area (Å²) in [4.78, 5) is 24.3. The van der Waals surface area contributed by atoms with Crippen molar-refractivity contribution in [2.45, 2.75) is 12.5 Å². The topological polar surface area (TPSA) is 90.2 Å². The molecule has 2 N–H and O–H groups in total. The first kappa shape index (κ1) is 17.8. The number of carbonyl (C=O) groups excluding carboxylic acids is 1. The van der Waals surface area contributed by atoms with Crippen molar-refractivity contribution in [1.29, 1.82) is 0 Å². The van der Waals surface area contributed by atoms with Gasteiger partial charge in [-0.2, -0.15) is 9.78 Å². The summed E-state index contributed by atoms with van der Waals surface area (Å²) in [5.41, 5.74) is 1.50. The Morgan fingerprint density at radius 3 is 2.75 bits per heavy atom. The number of urea groups is 1. The van der Waals surface area contributed by atoms with Crippen molar-refractivity contribution in [1.82, 2.24) is 19.7 Å². The minimum atomic E-state index is -0.440. The molecule has 2 amide bonds. The van der Waals surface area contributed by atoms with Crippen LogP contribution >= 0.6 is 0 Å². The summed E-state index contributed by atoms with van der Waals surface area (Å²) in [5, 5.41) is 9.58. The normalized spacial score (nSPS) is 15.4. The summed E-state index contributed by atoms with van der Waals surface area (Å²) >= 11 is 0. The Labute approximate surface area is 159 Å². The molecule has 0 radical (unpaired) electrons. The fraction of sp³-hybridized carbons (Fsp3) is 0.211. The summed E-state index contributed by atoms with van der Waals surface area (Å²) in [5.74, 6) is -0.256. The highest BCUT2D eigenvalue weighted by Gasteiger charge is 2.25. The number of hydrogen-bond acceptors (Lipinski definition) is 4. The van der Waals surface area contributed by atoms with E-state index < -0.39 is 11.8 Å². The third kappa shape index (κ3) is 3.34. The second kappa shape index (κ2) is 7.18. The molecule has 2 aromatic carbocycles. The number of carbonyl (C=O) groups is 1. The van der Waals surface area contributed by atoms with Gasteiger partial charge in [0.05, 0.1) is 18.3 Å². The third-order valence-corrected chi connectivity index (χ3v) is 4.52. The molecule has 0 saturated heterocycles. The summed E-state index contributed by atoms with van der Waals surface area (Å²) in [6.07, 6.45) is 1.97. The Kier molecular flexibility index (Phi) is 4.56. The van der Waals surface area contributed by atoms with Crippen LogP contribution in [0.3, 0.4) is 0 Å². The van der Waals surface area contributed by atoms with Crippen molar-refractivity contribution in [2.75, 3.05) is 11.9 Å². The highest BCUT2D eigenvalue weighted by Crippen LogP contribution is 2.34. The molecule has 0 fully saturated rings. The summed E-state index contributed by atoms with van der Waals surface area (Å²) in [6.45, 7) is 0.326. The van der Waals surface area contributed by atoms with E-state index >= 15 is 0 Å². The van der Waals surface area contributed by atoms with Gasteiger partial charge in [-0.05, 0) is 30.3 Å². The monoisotopic (exact) mass is 383 g/mol. The first-order chi connectivity index (χ1) is 13.5. The highest BCUT2D eigenvalue weighted by molar-refractivity contribution is 5.89. The van der Waals surface area contributed by atoms with E-state index in [-0.39, 0.29) is 17.5 Å². The number of hydrogen-bond donors (Lipinski definition) is 2. The smallest absolute Gasteiger partial charge is 0.350 e. The molecule has 0 unspecified atom stereocenters. The molecule has 144 valence electrons. The molecule has 3 aromatic rings. The second-order valence-corrected chi connectivity index (χ2v) is 6.43. The number of anilines is 1. The predicted octanol–water partition coefficient (Wildman–Crippen LogP) is 2.36. The Hall–Kier alpha value is -3.62. The van der Waals surface area contributed by atoms with E-state index in [0.29, 0.717) is 30.0 Å². The molecule has 1 atom stereocenters. The average molecular weight is 383 g/mol. The van der Waals surface area contributed by atoms with Crippen LogP contribution < -0.4 is 21.1 Å². The van der Waals surface area contributed by atoms with Gasteiger partial charge in [0.1, 0.15) is 6.33 Å². The van der Waals surface area contributed by atoms with Gasteiger partial charge in [0, 0.05) is 24.7 Å². The predicted molar refractivity (Wildman–Crippen MR) is 100 cm³/mol. The first-order valence-corrected chi connectivity index (χ1v) is 8.73. The van der Waals surface area contributed by atoms with Crippen LogP contribution in [0.4, 0.5) is 14.9 Å². The first-order valence-electron chi connectivity index (χ1n) is 8.73. The quantitative estimate of drug-likeness (QED) is 0.727. The van der Waals surface area contributed by atoms with Gasteiger partial charge >= 0.3 is 11.7 Å². The average Bonchev–Trinajstić information content (AvgIpc) is 3.02. The Balaban J connectivity index is 1.44. The second-order valence-electron chi connectivity index (χ2n) is 6.43. The number of aryl methyl sites for hydroxylation is 1. The number of halogens is 1. The van der Waals surface area contributed by atoms with Gasteiger partial charge in [-0.3, -0.25) is 4.57 Å². The third-order valence-electron chi connectivity index (χ3n) is 4.52. The molecule has 0 saturated carbocycles. The lowest BCUT2D eigenvalue weighted by Crippen LogP contribution is -2.35. The van der Waals surface area contributed by atoms with Crippen molar-refractivity contribution >= 4 is 11.7 Å². The SMILES string of the molecule is Cn1cnn(-c2ccc(NC(=O)N[C@H]3CCOc4c(F)cccc43)cc2)c1=O. The molecule has 8 nitrogen and oxygen atoms in total. The number of para-hydroxylation sites is 1. The van der Waals surface area contributed by atoms with Crippen molar-refractivity contribution in [3.8, 4) is 11.4 Å². The molecule has 1 aliphatic rings. The largest absolute Gasteiger partial charge is 0.490 e. The lowest BCUT2D eigenvalue weighted by Gasteiger charge is -2.27. The maximum Gasteiger partial charge on any atom is 0.350 e. The Morgan fingerprint density at radius 2 is 2.04 bits per heavy atom. The fourth-order valence-corrected chi connectivity index (χ4v) is 3.10. The van der Waals surface area contributed by atoms with E-state index in [2.05, 4.69) is 15.7 Å². The van der Waals surface area contributed by atoms with Crippen LogP contribution in [0.2, 0.25) is 0 Å². The van der Waals surface area contributed by atoms with E-state index in [4.69, 9.17) is 4.74 Å². The van der Waals surface area contributed by atoms with Crippen LogP contribution in [0.5, 0.6) is 5.75 Å². The van der Waals surface area contributed by atoms with Crippen LogP contribution in [0.15, 0.2) is 53.6 Å². The summed E-state index contributed by atoms with van der Waals surface area (Å²) < 4.78 is 21.9. The molecule has 1 aromatic heterocycles. The zero-order valence-corrected chi connectivity index (χ0v) is 15.1. The van der Waals surface area contributed by atoms with Gasteiger partial charge < -0.3 is 15.4 Å². The summed E-state index contributed by atoms with van der Waals surface area (Å²) in [7, 11) is 1.62. The van der Waals surface area contributed by atoms with Gasteiger partial charge in [-0.15, -0.1) is 0 Å². The molecule has 4 rings (SSSR count). The molecule has 9 heteroatoms. The minimum Gasteiger partial charge on any atom is -0.490 e. The molecular weight excluding hydrogens is 365 g/mol. The number of fused-ring (bicyclic) bond motifs is 1. The van der Waals surface area contributed by atoms with Crippen LogP contribution in [0.1, 0.15) is 18.0 Å². The van der Waals surface area contributed by atoms with E-state index in [1.54, 1.807) is 43.4 Å². The van der Waals surface area contributed by atoms with Gasteiger partial charge in [-0.1, -0.05) is 12.1 Å². The Bertz CT molecular complexity index is 1070. The molecular formula is C19H18FN5O3. The van der Waals surface area contributed by atoms with Crippen LogP contribution in [0, 0.1) is 5.82 Å². The van der Waals surface area contributed by atoms with E-state index in [1.807, 2.05) is 0 Å². The zero-order chi connectivity index (χ0) is 19.7. The minimum absolute atomic E-state index is 0.184. The van der Waals surface area contributed by atoms with E-state index in [0.717, 1.165) is 0 Å². The number of nitrogens with one attached hydrogen (secondary N) is 2. The van der Waals surface area contributed by atoms with Crippen molar-refractivity contribution in [2.24, 2.45) is 7.05 Å².